The van der Waals surface area contributed by atoms with Crippen LogP contribution < -0.4 is 5.73 Å². The standard InChI is InChI=1S/C11H12N2O/c1-8(14)11(13)6-9-2-4-10(7-12)5-3-9/h2-5,11H,6,13H2,1H3/t11-/m0/s1. The number of nitriles is 1. The molecule has 0 spiro atoms. The maximum Gasteiger partial charge on any atom is 0.146 e. The smallest absolute Gasteiger partial charge is 0.146 e. The summed E-state index contributed by atoms with van der Waals surface area (Å²) >= 11 is 0. The molecule has 3 heteroatoms. The molecule has 72 valence electrons. The molecule has 0 aliphatic rings. The van der Waals surface area contributed by atoms with Gasteiger partial charge in [0.15, 0.2) is 0 Å². The minimum Gasteiger partial charge on any atom is -0.321 e. The van der Waals surface area contributed by atoms with Gasteiger partial charge in [0, 0.05) is 0 Å². The molecular formula is C11H12N2O. The second kappa shape index (κ2) is 4.54. The summed E-state index contributed by atoms with van der Waals surface area (Å²) in [5.74, 6) is -0.0191. The Morgan fingerprint density at radius 2 is 2.07 bits per heavy atom. The Kier molecular flexibility index (Phi) is 3.38. The molecule has 3 nitrogen and oxygen atoms in total. The van der Waals surface area contributed by atoms with Gasteiger partial charge in [-0.2, -0.15) is 5.26 Å². The van der Waals surface area contributed by atoms with Gasteiger partial charge in [-0.1, -0.05) is 12.1 Å². The van der Waals surface area contributed by atoms with Crippen molar-refractivity contribution in [1.82, 2.24) is 0 Å². The van der Waals surface area contributed by atoms with Crippen molar-refractivity contribution >= 4 is 5.78 Å². The van der Waals surface area contributed by atoms with E-state index in [2.05, 4.69) is 0 Å². The van der Waals surface area contributed by atoms with Crippen LogP contribution in [-0.4, -0.2) is 11.8 Å². The summed E-state index contributed by atoms with van der Waals surface area (Å²) in [7, 11) is 0. The molecule has 0 unspecified atom stereocenters. The van der Waals surface area contributed by atoms with E-state index in [1.165, 1.54) is 6.92 Å². The van der Waals surface area contributed by atoms with Crippen molar-refractivity contribution in [3.8, 4) is 6.07 Å². The highest BCUT2D eigenvalue weighted by Gasteiger charge is 2.08. The van der Waals surface area contributed by atoms with Crippen molar-refractivity contribution < 1.29 is 4.79 Å². The van der Waals surface area contributed by atoms with Gasteiger partial charge in [0.2, 0.25) is 0 Å². The SMILES string of the molecule is CC(=O)[C@@H](N)Cc1ccc(C#N)cc1. The molecule has 0 saturated heterocycles. The zero-order valence-corrected chi connectivity index (χ0v) is 8.03. The molecule has 0 radical (unpaired) electrons. The van der Waals surface area contributed by atoms with E-state index in [0.717, 1.165) is 5.56 Å². The molecule has 0 amide bonds. The fraction of sp³-hybridized carbons (Fsp3) is 0.273. The number of nitrogens with zero attached hydrogens (tertiary/aromatic N) is 1. The molecule has 0 saturated carbocycles. The number of benzene rings is 1. The molecule has 0 heterocycles. The summed E-state index contributed by atoms with van der Waals surface area (Å²) < 4.78 is 0. The van der Waals surface area contributed by atoms with Crippen molar-refractivity contribution in [1.29, 1.82) is 5.26 Å². The molecule has 14 heavy (non-hydrogen) atoms. The van der Waals surface area contributed by atoms with E-state index >= 15 is 0 Å². The molecule has 1 rings (SSSR count). The van der Waals surface area contributed by atoms with Crippen LogP contribution in [0.4, 0.5) is 0 Å². The number of nitrogens with two attached hydrogens (primary N) is 1. The van der Waals surface area contributed by atoms with Crippen LogP contribution in [0.3, 0.4) is 0 Å². The summed E-state index contributed by atoms with van der Waals surface area (Å²) in [6.45, 7) is 1.48. The maximum atomic E-state index is 10.9. The normalized spacial score (nSPS) is 11.8. The third-order valence-electron chi connectivity index (χ3n) is 2.06. The van der Waals surface area contributed by atoms with Crippen LogP contribution in [-0.2, 0) is 11.2 Å². The average molecular weight is 188 g/mol. The molecule has 2 N–H and O–H groups in total. The molecule has 0 aromatic heterocycles. The fourth-order valence-electron chi connectivity index (χ4n) is 1.11. The lowest BCUT2D eigenvalue weighted by molar-refractivity contribution is -0.118. The average Bonchev–Trinajstić information content (AvgIpc) is 2.19. The summed E-state index contributed by atoms with van der Waals surface area (Å²) in [5, 5.41) is 8.57. The Morgan fingerprint density at radius 3 is 2.50 bits per heavy atom. The number of carbonyl (C=O) groups is 1. The molecule has 0 aliphatic carbocycles. The zero-order chi connectivity index (χ0) is 10.6. The van der Waals surface area contributed by atoms with E-state index in [1.54, 1.807) is 12.1 Å². The van der Waals surface area contributed by atoms with Gasteiger partial charge in [0.1, 0.15) is 5.78 Å². The fourth-order valence-corrected chi connectivity index (χ4v) is 1.11. The molecular weight excluding hydrogens is 176 g/mol. The topological polar surface area (TPSA) is 66.9 Å². The van der Waals surface area contributed by atoms with Gasteiger partial charge >= 0.3 is 0 Å². The van der Waals surface area contributed by atoms with Gasteiger partial charge in [-0.05, 0) is 31.0 Å². The largest absolute Gasteiger partial charge is 0.321 e. The number of ketones is 1. The van der Waals surface area contributed by atoms with Gasteiger partial charge in [-0.15, -0.1) is 0 Å². The van der Waals surface area contributed by atoms with Crippen molar-refractivity contribution in [3.05, 3.63) is 35.4 Å². The van der Waals surface area contributed by atoms with Crippen LogP contribution in [0.15, 0.2) is 24.3 Å². The van der Waals surface area contributed by atoms with Gasteiger partial charge in [0.25, 0.3) is 0 Å². The predicted molar refractivity (Wildman–Crippen MR) is 53.5 cm³/mol. The minimum absolute atomic E-state index is 0.0191. The molecule has 0 aliphatic heterocycles. The molecule has 1 aromatic rings. The summed E-state index contributed by atoms with van der Waals surface area (Å²) in [6, 6.07) is 8.68. The first-order valence-corrected chi connectivity index (χ1v) is 4.38. The first-order valence-electron chi connectivity index (χ1n) is 4.38. The third kappa shape index (κ3) is 2.68. The third-order valence-corrected chi connectivity index (χ3v) is 2.06. The van der Waals surface area contributed by atoms with E-state index in [0.29, 0.717) is 12.0 Å². The van der Waals surface area contributed by atoms with E-state index in [1.807, 2.05) is 18.2 Å². The lowest BCUT2D eigenvalue weighted by Gasteiger charge is -2.06. The lowest BCUT2D eigenvalue weighted by atomic mass is 10.0. The first kappa shape index (κ1) is 10.4. The number of rotatable bonds is 3. The zero-order valence-electron chi connectivity index (χ0n) is 8.03. The van der Waals surface area contributed by atoms with Crippen LogP contribution in [0, 0.1) is 11.3 Å². The number of carbonyl (C=O) groups excluding carboxylic acids is 1. The van der Waals surface area contributed by atoms with Gasteiger partial charge in [-0.3, -0.25) is 4.79 Å². The van der Waals surface area contributed by atoms with Crippen LogP contribution in [0.5, 0.6) is 0 Å². The van der Waals surface area contributed by atoms with Crippen LogP contribution in [0.25, 0.3) is 0 Å². The molecule has 0 bridgehead atoms. The van der Waals surface area contributed by atoms with Crippen LogP contribution >= 0.6 is 0 Å². The summed E-state index contributed by atoms with van der Waals surface area (Å²) in [5.41, 5.74) is 7.20. The van der Waals surface area contributed by atoms with Crippen molar-refractivity contribution in [2.24, 2.45) is 5.73 Å². The van der Waals surface area contributed by atoms with Crippen molar-refractivity contribution in [3.63, 3.8) is 0 Å². The minimum atomic E-state index is -0.442. The highest BCUT2D eigenvalue weighted by molar-refractivity contribution is 5.81. The second-order valence-electron chi connectivity index (χ2n) is 3.23. The maximum absolute atomic E-state index is 10.9. The van der Waals surface area contributed by atoms with Gasteiger partial charge in [0.05, 0.1) is 17.7 Å². The lowest BCUT2D eigenvalue weighted by Crippen LogP contribution is -2.30. The van der Waals surface area contributed by atoms with Crippen LogP contribution in [0.2, 0.25) is 0 Å². The summed E-state index contributed by atoms with van der Waals surface area (Å²) in [6.07, 6.45) is 0.529. The number of hydrogen-bond donors (Lipinski definition) is 1. The Balaban J connectivity index is 2.70. The number of hydrogen-bond acceptors (Lipinski definition) is 3. The predicted octanol–water partition coefficient (Wildman–Crippen LogP) is 1.02. The van der Waals surface area contributed by atoms with E-state index < -0.39 is 6.04 Å². The van der Waals surface area contributed by atoms with Crippen molar-refractivity contribution in [2.45, 2.75) is 19.4 Å². The highest BCUT2D eigenvalue weighted by atomic mass is 16.1. The Morgan fingerprint density at radius 1 is 1.50 bits per heavy atom. The quantitative estimate of drug-likeness (QED) is 0.770. The Bertz CT molecular complexity index is 362. The molecule has 1 atom stereocenters. The van der Waals surface area contributed by atoms with Gasteiger partial charge in [-0.25, -0.2) is 0 Å². The molecule has 1 aromatic carbocycles. The monoisotopic (exact) mass is 188 g/mol. The number of Topliss-reactive ketones (excluding diaryl/α,β-unsaturated/α-hetero) is 1. The first-order chi connectivity index (χ1) is 6.63. The van der Waals surface area contributed by atoms with E-state index in [9.17, 15) is 4.79 Å². The van der Waals surface area contributed by atoms with E-state index in [4.69, 9.17) is 11.0 Å². The second-order valence-corrected chi connectivity index (χ2v) is 3.23. The van der Waals surface area contributed by atoms with E-state index in [-0.39, 0.29) is 5.78 Å². The molecule has 0 fully saturated rings. The Hall–Kier alpha value is -1.66. The van der Waals surface area contributed by atoms with Crippen LogP contribution in [0.1, 0.15) is 18.1 Å². The highest BCUT2D eigenvalue weighted by Crippen LogP contribution is 2.05. The van der Waals surface area contributed by atoms with Gasteiger partial charge < -0.3 is 5.73 Å². The van der Waals surface area contributed by atoms with Crippen molar-refractivity contribution in [2.75, 3.05) is 0 Å². The Labute approximate surface area is 83.2 Å². The summed E-state index contributed by atoms with van der Waals surface area (Å²) in [4.78, 5) is 10.9.